The Hall–Kier alpha value is -1.33. The number of carbonyl (C=O) groups is 1. The zero-order valence-corrected chi connectivity index (χ0v) is 12.4. The topological polar surface area (TPSA) is 72.2 Å². The fraction of sp³-hybridized carbons (Fsp3) is 0.462. The molecule has 20 heavy (non-hydrogen) atoms. The molecular formula is C13H16Cl2N2O3. The molecule has 1 amide bonds. The minimum absolute atomic E-state index is 0.0823. The number of alkyl halides is 1. The number of benzene rings is 1. The Morgan fingerprint density at radius 1 is 1.25 bits per heavy atom. The van der Waals surface area contributed by atoms with E-state index in [1.54, 1.807) is 0 Å². The van der Waals surface area contributed by atoms with E-state index in [2.05, 4.69) is 5.32 Å². The van der Waals surface area contributed by atoms with Gasteiger partial charge in [-0.05, 0) is 18.9 Å². The predicted octanol–water partition coefficient (Wildman–Crippen LogP) is 3.78. The maximum atomic E-state index is 12.0. The Labute approximate surface area is 127 Å². The maximum Gasteiger partial charge on any atom is 0.283 e. The normalized spacial score (nSPS) is 10.3. The molecule has 1 aromatic carbocycles. The van der Waals surface area contributed by atoms with Gasteiger partial charge in [0.1, 0.15) is 5.56 Å². The predicted molar refractivity (Wildman–Crippen MR) is 79.6 cm³/mol. The van der Waals surface area contributed by atoms with E-state index >= 15 is 0 Å². The Bertz CT molecular complexity index is 481. The summed E-state index contributed by atoms with van der Waals surface area (Å²) < 4.78 is 0. The number of halogens is 2. The Morgan fingerprint density at radius 2 is 1.95 bits per heavy atom. The van der Waals surface area contributed by atoms with Crippen LogP contribution >= 0.6 is 23.2 Å². The van der Waals surface area contributed by atoms with E-state index in [9.17, 15) is 14.9 Å². The smallest absolute Gasteiger partial charge is 0.283 e. The van der Waals surface area contributed by atoms with Crippen molar-refractivity contribution >= 4 is 34.8 Å². The molecule has 0 aliphatic heterocycles. The van der Waals surface area contributed by atoms with Crippen LogP contribution < -0.4 is 5.32 Å². The number of nitro groups is 1. The summed E-state index contributed by atoms with van der Waals surface area (Å²) in [6.07, 6.45) is 3.72. The summed E-state index contributed by atoms with van der Waals surface area (Å²) in [5, 5.41) is 13.6. The number of nitrogens with zero attached hydrogens (tertiary/aromatic N) is 1. The second kappa shape index (κ2) is 8.76. The second-order valence-corrected chi connectivity index (χ2v) is 5.04. The summed E-state index contributed by atoms with van der Waals surface area (Å²) in [5.41, 5.74) is -0.364. The molecule has 0 aromatic heterocycles. The number of nitro benzene ring substituents is 1. The Kier molecular flexibility index (Phi) is 7.33. The van der Waals surface area contributed by atoms with Gasteiger partial charge in [-0.1, -0.05) is 30.5 Å². The molecule has 0 atom stereocenters. The van der Waals surface area contributed by atoms with Gasteiger partial charge in [-0.3, -0.25) is 14.9 Å². The van der Waals surface area contributed by atoms with Crippen LogP contribution in [-0.4, -0.2) is 23.3 Å². The molecule has 0 aliphatic rings. The highest BCUT2D eigenvalue weighted by Gasteiger charge is 2.22. The highest BCUT2D eigenvalue weighted by Crippen LogP contribution is 2.25. The maximum absolute atomic E-state index is 12.0. The summed E-state index contributed by atoms with van der Waals surface area (Å²) in [6.45, 7) is 0.462. The van der Waals surface area contributed by atoms with Crippen molar-refractivity contribution in [3.05, 3.63) is 38.9 Å². The highest BCUT2D eigenvalue weighted by molar-refractivity contribution is 6.34. The van der Waals surface area contributed by atoms with Crippen LogP contribution in [0.25, 0.3) is 0 Å². The van der Waals surface area contributed by atoms with Gasteiger partial charge in [-0.2, -0.15) is 0 Å². The van der Waals surface area contributed by atoms with E-state index in [0.29, 0.717) is 12.4 Å². The van der Waals surface area contributed by atoms with E-state index in [0.717, 1.165) is 25.7 Å². The van der Waals surface area contributed by atoms with Crippen LogP contribution in [0.2, 0.25) is 5.02 Å². The molecule has 0 saturated carbocycles. The van der Waals surface area contributed by atoms with E-state index in [4.69, 9.17) is 23.2 Å². The molecule has 5 nitrogen and oxygen atoms in total. The summed E-state index contributed by atoms with van der Waals surface area (Å²) in [5.74, 6) is 0.123. The van der Waals surface area contributed by atoms with Crippen LogP contribution in [0.4, 0.5) is 5.69 Å². The third-order valence-corrected chi connectivity index (χ3v) is 3.34. The first-order valence-corrected chi connectivity index (χ1v) is 7.26. The summed E-state index contributed by atoms with van der Waals surface area (Å²) in [6, 6.07) is 4.18. The molecule has 0 radical (unpaired) electrons. The van der Waals surface area contributed by atoms with Gasteiger partial charge in [0.2, 0.25) is 0 Å². The lowest BCUT2D eigenvalue weighted by Crippen LogP contribution is -2.25. The molecule has 110 valence electrons. The minimum Gasteiger partial charge on any atom is -0.352 e. The molecule has 1 rings (SSSR count). The fourth-order valence-corrected chi connectivity index (χ4v) is 2.20. The van der Waals surface area contributed by atoms with Crippen molar-refractivity contribution in [1.82, 2.24) is 5.32 Å². The lowest BCUT2D eigenvalue weighted by Gasteiger charge is -2.07. The van der Waals surface area contributed by atoms with Crippen LogP contribution in [-0.2, 0) is 0 Å². The molecule has 1 aromatic rings. The molecule has 1 N–H and O–H groups in total. The molecule has 7 heteroatoms. The largest absolute Gasteiger partial charge is 0.352 e. The van der Waals surface area contributed by atoms with Crippen molar-refractivity contribution in [2.24, 2.45) is 0 Å². The third kappa shape index (κ3) is 4.98. The number of nitrogens with one attached hydrogen (secondary N) is 1. The van der Waals surface area contributed by atoms with E-state index in [-0.39, 0.29) is 16.3 Å². The van der Waals surface area contributed by atoms with Gasteiger partial charge in [-0.25, -0.2) is 0 Å². The van der Waals surface area contributed by atoms with Crippen LogP contribution in [0, 0.1) is 10.1 Å². The van der Waals surface area contributed by atoms with E-state index in [1.807, 2.05) is 0 Å². The van der Waals surface area contributed by atoms with Crippen molar-refractivity contribution < 1.29 is 9.72 Å². The minimum atomic E-state index is -0.610. The van der Waals surface area contributed by atoms with Gasteiger partial charge in [0.25, 0.3) is 11.6 Å². The lowest BCUT2D eigenvalue weighted by atomic mass is 10.1. The monoisotopic (exact) mass is 318 g/mol. The molecule has 0 spiro atoms. The quantitative estimate of drug-likeness (QED) is 0.343. The van der Waals surface area contributed by atoms with E-state index < -0.39 is 10.8 Å². The first-order valence-electron chi connectivity index (χ1n) is 6.35. The fourth-order valence-electron chi connectivity index (χ4n) is 1.75. The molecule has 0 fully saturated rings. The van der Waals surface area contributed by atoms with Crippen molar-refractivity contribution in [1.29, 1.82) is 0 Å². The zero-order valence-electron chi connectivity index (χ0n) is 10.9. The van der Waals surface area contributed by atoms with Gasteiger partial charge in [-0.15, -0.1) is 11.6 Å². The first kappa shape index (κ1) is 16.7. The lowest BCUT2D eigenvalue weighted by molar-refractivity contribution is -0.385. The van der Waals surface area contributed by atoms with E-state index in [1.165, 1.54) is 18.2 Å². The van der Waals surface area contributed by atoms with Crippen LogP contribution in [0.5, 0.6) is 0 Å². The molecule has 0 bridgehead atoms. The summed E-state index contributed by atoms with van der Waals surface area (Å²) in [7, 11) is 0. The molecule has 0 unspecified atom stereocenters. The van der Waals surface area contributed by atoms with Gasteiger partial charge < -0.3 is 5.32 Å². The SMILES string of the molecule is O=C(NCCCCCCCl)c1c(Cl)cccc1[N+](=O)[O-]. The van der Waals surface area contributed by atoms with Crippen LogP contribution in [0.1, 0.15) is 36.0 Å². The number of unbranched alkanes of at least 4 members (excludes halogenated alkanes) is 3. The number of hydrogen-bond donors (Lipinski definition) is 1. The van der Waals surface area contributed by atoms with Crippen molar-refractivity contribution in [2.75, 3.05) is 12.4 Å². The number of rotatable bonds is 8. The molecule has 0 aliphatic carbocycles. The highest BCUT2D eigenvalue weighted by atomic mass is 35.5. The average molecular weight is 319 g/mol. The van der Waals surface area contributed by atoms with Crippen LogP contribution in [0.3, 0.4) is 0 Å². The number of hydrogen-bond acceptors (Lipinski definition) is 3. The van der Waals surface area contributed by atoms with Crippen molar-refractivity contribution in [3.8, 4) is 0 Å². The number of carbonyl (C=O) groups excluding carboxylic acids is 1. The molecule has 0 saturated heterocycles. The Morgan fingerprint density at radius 3 is 2.60 bits per heavy atom. The third-order valence-electron chi connectivity index (χ3n) is 2.76. The Balaban J connectivity index is 2.57. The first-order chi connectivity index (χ1) is 9.57. The molecule has 0 heterocycles. The average Bonchev–Trinajstić information content (AvgIpc) is 2.42. The second-order valence-electron chi connectivity index (χ2n) is 4.25. The molecular weight excluding hydrogens is 303 g/mol. The summed E-state index contributed by atoms with van der Waals surface area (Å²) >= 11 is 11.4. The van der Waals surface area contributed by atoms with Gasteiger partial charge >= 0.3 is 0 Å². The standard InChI is InChI=1S/C13H16Cl2N2O3/c14-8-3-1-2-4-9-16-13(18)12-10(15)6-5-7-11(12)17(19)20/h5-7H,1-4,8-9H2,(H,16,18). The van der Waals surface area contributed by atoms with Gasteiger partial charge in [0.05, 0.1) is 9.95 Å². The zero-order chi connectivity index (χ0) is 15.0. The van der Waals surface area contributed by atoms with Gasteiger partial charge in [0.15, 0.2) is 0 Å². The van der Waals surface area contributed by atoms with Crippen molar-refractivity contribution in [2.45, 2.75) is 25.7 Å². The van der Waals surface area contributed by atoms with Crippen molar-refractivity contribution in [3.63, 3.8) is 0 Å². The number of amides is 1. The van der Waals surface area contributed by atoms with Crippen LogP contribution in [0.15, 0.2) is 18.2 Å². The van der Waals surface area contributed by atoms with Gasteiger partial charge in [0, 0.05) is 18.5 Å². The summed E-state index contributed by atoms with van der Waals surface area (Å²) in [4.78, 5) is 22.2.